The fraction of sp³-hybridized carbons (Fsp3) is 0.235. The first kappa shape index (κ1) is 15.4. The second kappa shape index (κ2) is 6.40. The van der Waals surface area contributed by atoms with E-state index < -0.39 is 0 Å². The molecule has 25 heavy (non-hydrogen) atoms. The van der Waals surface area contributed by atoms with Gasteiger partial charge in [-0.15, -0.1) is 5.10 Å². The van der Waals surface area contributed by atoms with Crippen LogP contribution in [-0.4, -0.2) is 49.3 Å². The minimum atomic E-state index is 0.126. The number of methoxy groups -OCH3 is 1. The number of nitrogens with one attached hydrogen (secondary N) is 1. The summed E-state index contributed by atoms with van der Waals surface area (Å²) in [5.74, 6) is 0.557. The first-order valence-corrected chi connectivity index (χ1v) is 7.91. The molecular weight excluding hydrogens is 318 g/mol. The van der Waals surface area contributed by atoms with Gasteiger partial charge in [0.25, 0.3) is 0 Å². The second-order valence-electron chi connectivity index (χ2n) is 5.76. The molecule has 0 saturated heterocycles. The predicted octanol–water partition coefficient (Wildman–Crippen LogP) is 2.18. The Labute approximate surface area is 143 Å². The van der Waals surface area contributed by atoms with Gasteiger partial charge < -0.3 is 10.1 Å². The van der Waals surface area contributed by atoms with Gasteiger partial charge in [0.15, 0.2) is 5.65 Å². The normalized spacial score (nSPS) is 12.6. The van der Waals surface area contributed by atoms with Crippen molar-refractivity contribution >= 4 is 22.6 Å². The molecule has 0 saturated carbocycles. The van der Waals surface area contributed by atoms with Crippen molar-refractivity contribution in [3.63, 3.8) is 0 Å². The van der Waals surface area contributed by atoms with Crippen LogP contribution in [-0.2, 0) is 4.74 Å². The van der Waals surface area contributed by atoms with Gasteiger partial charge in [-0.3, -0.25) is 4.98 Å². The first-order chi connectivity index (χ1) is 12.2. The highest BCUT2D eigenvalue weighted by Gasteiger charge is 2.10. The Hall–Kier alpha value is -3.13. The van der Waals surface area contributed by atoms with Crippen LogP contribution in [0.1, 0.15) is 6.92 Å². The zero-order valence-electron chi connectivity index (χ0n) is 13.9. The minimum Gasteiger partial charge on any atom is -0.383 e. The van der Waals surface area contributed by atoms with Crippen LogP contribution >= 0.6 is 0 Å². The van der Waals surface area contributed by atoms with Crippen LogP contribution in [0.3, 0.4) is 0 Å². The number of hydrogen-bond donors (Lipinski definition) is 1. The maximum absolute atomic E-state index is 5.12. The van der Waals surface area contributed by atoms with E-state index >= 15 is 0 Å². The Morgan fingerprint density at radius 2 is 2.04 bits per heavy atom. The second-order valence-corrected chi connectivity index (χ2v) is 5.76. The average molecular weight is 335 g/mol. The van der Waals surface area contributed by atoms with E-state index in [1.54, 1.807) is 36.4 Å². The Balaban J connectivity index is 1.70. The van der Waals surface area contributed by atoms with Crippen molar-refractivity contribution in [1.29, 1.82) is 0 Å². The monoisotopic (exact) mass is 335 g/mol. The van der Waals surface area contributed by atoms with Crippen molar-refractivity contribution in [2.24, 2.45) is 0 Å². The fourth-order valence-electron chi connectivity index (χ4n) is 2.73. The van der Waals surface area contributed by atoms with Gasteiger partial charge in [0, 0.05) is 49.1 Å². The lowest BCUT2D eigenvalue weighted by molar-refractivity contribution is 0.190. The van der Waals surface area contributed by atoms with E-state index in [4.69, 9.17) is 4.74 Å². The highest BCUT2D eigenvalue weighted by molar-refractivity contribution is 5.84. The summed E-state index contributed by atoms with van der Waals surface area (Å²) in [7, 11) is 1.67. The van der Waals surface area contributed by atoms with Gasteiger partial charge in [0.2, 0.25) is 5.95 Å². The number of ether oxygens (including phenoxy) is 1. The maximum atomic E-state index is 5.12. The van der Waals surface area contributed by atoms with Crippen LogP contribution in [0.25, 0.3) is 27.8 Å². The fourth-order valence-corrected chi connectivity index (χ4v) is 2.73. The summed E-state index contributed by atoms with van der Waals surface area (Å²) < 4.78 is 6.91. The third kappa shape index (κ3) is 2.99. The lowest BCUT2D eigenvalue weighted by Crippen LogP contribution is -2.22. The highest BCUT2D eigenvalue weighted by atomic mass is 16.5. The molecule has 1 atom stereocenters. The zero-order valence-corrected chi connectivity index (χ0v) is 13.9. The molecule has 4 aromatic heterocycles. The first-order valence-electron chi connectivity index (χ1n) is 7.91. The molecule has 0 unspecified atom stereocenters. The van der Waals surface area contributed by atoms with Crippen molar-refractivity contribution in [3.8, 4) is 11.1 Å². The van der Waals surface area contributed by atoms with Crippen LogP contribution in [0.5, 0.6) is 0 Å². The van der Waals surface area contributed by atoms with Gasteiger partial charge in [0.1, 0.15) is 5.52 Å². The van der Waals surface area contributed by atoms with Gasteiger partial charge in [-0.2, -0.15) is 0 Å². The van der Waals surface area contributed by atoms with Crippen LogP contribution in [0.2, 0.25) is 0 Å². The van der Waals surface area contributed by atoms with E-state index in [9.17, 15) is 0 Å². The van der Waals surface area contributed by atoms with Crippen molar-refractivity contribution in [2.45, 2.75) is 13.0 Å². The van der Waals surface area contributed by atoms with E-state index in [2.05, 4.69) is 30.4 Å². The summed E-state index contributed by atoms with van der Waals surface area (Å²) in [6, 6.07) is 4.09. The molecule has 0 aliphatic heterocycles. The molecule has 0 amide bonds. The third-order valence-electron chi connectivity index (χ3n) is 3.84. The average Bonchev–Trinajstić information content (AvgIpc) is 3.04. The summed E-state index contributed by atoms with van der Waals surface area (Å²) >= 11 is 0. The number of hydrogen-bond acceptors (Lipinski definition) is 7. The van der Waals surface area contributed by atoms with Gasteiger partial charge >= 0.3 is 0 Å². The molecule has 4 rings (SSSR count). The molecule has 0 aliphatic rings. The molecule has 0 bridgehead atoms. The molecule has 0 aromatic carbocycles. The largest absolute Gasteiger partial charge is 0.383 e. The quantitative estimate of drug-likeness (QED) is 0.598. The molecular formula is C17H17N7O. The Kier molecular flexibility index (Phi) is 3.95. The maximum Gasteiger partial charge on any atom is 0.241 e. The summed E-state index contributed by atoms with van der Waals surface area (Å²) in [5, 5.41) is 7.71. The predicted molar refractivity (Wildman–Crippen MR) is 94.3 cm³/mol. The van der Waals surface area contributed by atoms with E-state index in [0.29, 0.717) is 18.2 Å². The smallest absolute Gasteiger partial charge is 0.241 e. The van der Waals surface area contributed by atoms with Crippen molar-refractivity contribution in [1.82, 2.24) is 29.5 Å². The number of nitrogens with zero attached hydrogens (tertiary/aromatic N) is 6. The summed E-state index contributed by atoms with van der Waals surface area (Å²) in [4.78, 5) is 17.3. The van der Waals surface area contributed by atoms with Crippen LogP contribution in [0, 0.1) is 0 Å². The summed E-state index contributed by atoms with van der Waals surface area (Å²) in [5.41, 5.74) is 4.23. The Bertz CT molecular complexity index is 1030. The molecule has 0 aliphatic carbocycles. The van der Waals surface area contributed by atoms with E-state index in [-0.39, 0.29) is 6.04 Å². The van der Waals surface area contributed by atoms with Crippen molar-refractivity contribution in [2.75, 3.05) is 19.0 Å². The number of aromatic nitrogens is 6. The minimum absolute atomic E-state index is 0.126. The molecule has 0 radical (unpaired) electrons. The topological polar surface area (TPSA) is 90.1 Å². The van der Waals surface area contributed by atoms with E-state index in [1.807, 2.05) is 25.3 Å². The Morgan fingerprint density at radius 3 is 2.92 bits per heavy atom. The van der Waals surface area contributed by atoms with E-state index in [0.717, 1.165) is 22.2 Å². The molecule has 8 nitrogen and oxygen atoms in total. The molecule has 0 spiro atoms. The zero-order chi connectivity index (χ0) is 17.2. The number of pyridine rings is 1. The lowest BCUT2D eigenvalue weighted by Gasteiger charge is -2.12. The molecule has 0 fully saturated rings. The lowest BCUT2D eigenvalue weighted by atomic mass is 10.1. The van der Waals surface area contributed by atoms with Gasteiger partial charge in [-0.1, -0.05) is 0 Å². The SMILES string of the molecule is COC[C@@H](C)Nc1ncc2c(-c3cnc4nccnc4c3)ccn2n1. The number of rotatable bonds is 5. The van der Waals surface area contributed by atoms with Crippen LogP contribution in [0.4, 0.5) is 5.95 Å². The molecule has 4 heterocycles. The van der Waals surface area contributed by atoms with Crippen LogP contribution < -0.4 is 5.32 Å². The van der Waals surface area contributed by atoms with Gasteiger partial charge in [-0.05, 0) is 19.1 Å². The molecule has 1 N–H and O–H groups in total. The molecule has 126 valence electrons. The molecule has 4 aromatic rings. The van der Waals surface area contributed by atoms with E-state index in [1.165, 1.54) is 0 Å². The Morgan fingerprint density at radius 1 is 1.16 bits per heavy atom. The van der Waals surface area contributed by atoms with Crippen molar-refractivity contribution < 1.29 is 4.74 Å². The van der Waals surface area contributed by atoms with Crippen molar-refractivity contribution in [3.05, 3.63) is 43.1 Å². The summed E-state index contributed by atoms with van der Waals surface area (Å²) in [6.45, 7) is 2.60. The summed E-state index contributed by atoms with van der Waals surface area (Å²) in [6.07, 6.45) is 8.78. The standard InChI is InChI=1S/C17H17N7O/c1-11(10-25-2)22-17-21-9-15-13(3-6-24(15)23-17)12-7-14-16(20-8-12)19-5-4-18-14/h3-9,11H,10H2,1-2H3,(H,22,23)/t11-/m1/s1. The highest BCUT2D eigenvalue weighted by Crippen LogP contribution is 2.26. The molecule has 8 heteroatoms. The number of anilines is 1. The van der Waals surface area contributed by atoms with Gasteiger partial charge in [-0.25, -0.2) is 19.5 Å². The number of fused-ring (bicyclic) bond motifs is 2. The third-order valence-corrected chi connectivity index (χ3v) is 3.84. The van der Waals surface area contributed by atoms with Gasteiger partial charge in [0.05, 0.1) is 18.3 Å². The van der Waals surface area contributed by atoms with Crippen LogP contribution in [0.15, 0.2) is 43.1 Å².